The Morgan fingerprint density at radius 3 is 1.29 bits per heavy atom. The molecule has 0 saturated heterocycles. The number of rotatable bonds is 15. The van der Waals surface area contributed by atoms with Crippen molar-refractivity contribution in [2.75, 3.05) is 0 Å². The number of nitriles is 1. The molecule has 0 N–H and O–H groups in total. The molecular formula is C29H53NO5Si6. The van der Waals surface area contributed by atoms with E-state index in [1.54, 1.807) is 0 Å². The van der Waals surface area contributed by atoms with Crippen molar-refractivity contribution < 1.29 is 20.6 Å². The van der Waals surface area contributed by atoms with E-state index < -0.39 is 50.9 Å². The molecule has 0 unspecified atom stereocenters. The highest BCUT2D eigenvalue weighted by Crippen LogP contribution is 2.29. The summed E-state index contributed by atoms with van der Waals surface area (Å²) in [6.45, 7) is 28.4. The molecule has 2 aromatic carbocycles. The second kappa shape index (κ2) is 13.8. The lowest BCUT2D eigenvalue weighted by atomic mass is 10.0. The van der Waals surface area contributed by atoms with Crippen LogP contribution >= 0.6 is 0 Å². The van der Waals surface area contributed by atoms with Gasteiger partial charge in [-0.1, -0.05) is 49.7 Å². The predicted octanol–water partition coefficient (Wildman–Crippen LogP) is 9.02. The zero-order valence-electron chi connectivity index (χ0n) is 27.7. The molecule has 41 heavy (non-hydrogen) atoms. The third kappa shape index (κ3) is 13.1. The van der Waals surface area contributed by atoms with Crippen molar-refractivity contribution in [3.63, 3.8) is 0 Å². The Bertz CT molecular complexity index is 1180. The van der Waals surface area contributed by atoms with Crippen LogP contribution in [0.5, 0.6) is 0 Å². The fraction of sp³-hybridized carbons (Fsp3) is 0.552. The van der Waals surface area contributed by atoms with Gasteiger partial charge >= 0.3 is 34.2 Å². The van der Waals surface area contributed by atoms with Crippen molar-refractivity contribution in [2.45, 2.75) is 104 Å². The molecule has 0 fully saturated rings. The fourth-order valence-corrected chi connectivity index (χ4v) is 36.1. The molecule has 0 aliphatic rings. The predicted molar refractivity (Wildman–Crippen MR) is 186 cm³/mol. The molecule has 0 spiro atoms. The largest absolute Gasteiger partial charge is 0.436 e. The molecule has 6 nitrogen and oxygen atoms in total. The van der Waals surface area contributed by atoms with Crippen LogP contribution in [0.3, 0.4) is 0 Å². The average Bonchev–Trinajstić information content (AvgIpc) is 2.75. The lowest BCUT2D eigenvalue weighted by Gasteiger charge is -2.43. The molecule has 0 heterocycles. The smallest absolute Gasteiger partial charge is 0.314 e. The minimum absolute atomic E-state index is 0.673. The fourth-order valence-electron chi connectivity index (χ4n) is 5.92. The molecule has 2 rings (SSSR count). The van der Waals surface area contributed by atoms with Crippen molar-refractivity contribution in [1.82, 2.24) is 0 Å². The summed E-state index contributed by atoms with van der Waals surface area (Å²) in [4.78, 5) is 0. The molecule has 228 valence electrons. The van der Waals surface area contributed by atoms with Gasteiger partial charge in [-0.3, -0.25) is 0 Å². The molecule has 0 saturated carbocycles. The van der Waals surface area contributed by atoms with Crippen LogP contribution < -0.4 is 0 Å². The number of nitrogens with zero attached hydrogens (tertiary/aromatic N) is 1. The van der Waals surface area contributed by atoms with Gasteiger partial charge in [0.2, 0.25) is 0 Å². The van der Waals surface area contributed by atoms with Gasteiger partial charge in [0.25, 0.3) is 0 Å². The Balaban J connectivity index is 2.02. The first kappa shape index (κ1) is 36.2. The summed E-state index contributed by atoms with van der Waals surface area (Å²) in [5.41, 5.74) is 4.19. The molecule has 0 atom stereocenters. The van der Waals surface area contributed by atoms with Gasteiger partial charge in [0.05, 0.1) is 11.6 Å². The Kier molecular flexibility index (Phi) is 12.2. The van der Waals surface area contributed by atoms with Crippen molar-refractivity contribution in [1.29, 1.82) is 5.26 Å². The maximum Gasteiger partial charge on any atom is 0.314 e. The topological polar surface area (TPSA) is 69.9 Å². The minimum atomic E-state index is -2.54. The number of hydrogen-bond acceptors (Lipinski definition) is 6. The number of benzene rings is 2. The molecule has 0 radical (unpaired) electrons. The van der Waals surface area contributed by atoms with Gasteiger partial charge < -0.3 is 20.6 Å². The lowest BCUT2D eigenvalue weighted by Crippen LogP contribution is -2.60. The monoisotopic (exact) mass is 663 g/mol. The summed E-state index contributed by atoms with van der Waals surface area (Å²) >= 11 is 0. The highest BCUT2D eigenvalue weighted by atomic mass is 28.5. The van der Waals surface area contributed by atoms with Crippen molar-refractivity contribution >= 4 is 50.9 Å². The van der Waals surface area contributed by atoms with E-state index in [-0.39, 0.29) is 0 Å². The second-order valence-electron chi connectivity index (χ2n) is 13.9. The highest BCUT2D eigenvalue weighted by molar-refractivity contribution is 6.91. The first-order valence-corrected chi connectivity index (χ1v) is 32.2. The Morgan fingerprint density at radius 1 is 0.537 bits per heavy atom. The zero-order valence-corrected chi connectivity index (χ0v) is 33.7. The van der Waals surface area contributed by atoms with Crippen LogP contribution in [0.4, 0.5) is 0 Å². The van der Waals surface area contributed by atoms with E-state index in [1.807, 2.05) is 24.3 Å². The Hall–Kier alpha value is -0.969. The van der Waals surface area contributed by atoms with E-state index in [1.165, 1.54) is 5.56 Å². The van der Waals surface area contributed by atoms with Gasteiger partial charge in [0, 0.05) is 0 Å². The van der Waals surface area contributed by atoms with E-state index in [0.29, 0.717) is 5.56 Å². The van der Waals surface area contributed by atoms with Crippen LogP contribution in [0.1, 0.15) is 24.5 Å². The van der Waals surface area contributed by atoms with Gasteiger partial charge in [-0.05, 0) is 119 Å². The SMILES string of the molecule is CCC[Si](C)(C)O[Si](C)(C)O[Si](C)(C)O[Si](C)(C)O[Si](C)(C)O[Si](C)(C)Cc1ccc(-c2ccc(C#N)cc2)cc1. The number of hydrogen-bond donors (Lipinski definition) is 0. The van der Waals surface area contributed by atoms with Crippen molar-refractivity contribution in [3.8, 4) is 17.2 Å². The molecular weight excluding hydrogens is 611 g/mol. The van der Waals surface area contributed by atoms with E-state index in [2.05, 4.69) is 116 Å². The normalized spacial score (nSPS) is 13.8. The van der Waals surface area contributed by atoms with Gasteiger partial charge in [-0.15, -0.1) is 0 Å². The second-order valence-corrected chi connectivity index (χ2v) is 37.1. The lowest BCUT2D eigenvalue weighted by molar-refractivity contribution is 0.281. The first-order chi connectivity index (χ1) is 18.6. The molecule has 0 aliphatic heterocycles. The standard InChI is InChI=1S/C29H53NO5Si6/c1-14-23-36(2,3)31-38(6,7)33-40(10,11)35-41(12,13)34-39(8,9)32-37(4,5)25-27-17-21-29(22-18-27)28-19-15-26(24-30)16-20-28/h15-22H,14,23,25H2,1-13H3. The summed E-state index contributed by atoms with van der Waals surface area (Å²) in [7, 11) is -13.7. The quantitative estimate of drug-likeness (QED) is 0.177. The third-order valence-corrected chi connectivity index (χ3v) is 29.4. The van der Waals surface area contributed by atoms with Crippen LogP contribution in [-0.4, -0.2) is 50.9 Å². The summed E-state index contributed by atoms with van der Waals surface area (Å²) in [5.74, 6) is 0. The van der Waals surface area contributed by atoms with Gasteiger partial charge in [0.1, 0.15) is 0 Å². The summed E-state index contributed by atoms with van der Waals surface area (Å²) in [5, 5.41) is 9.05. The molecule has 0 aliphatic carbocycles. The van der Waals surface area contributed by atoms with Crippen molar-refractivity contribution in [3.05, 3.63) is 59.7 Å². The maximum absolute atomic E-state index is 9.05. The molecule has 0 bridgehead atoms. The molecule has 2 aromatic rings. The van der Waals surface area contributed by atoms with Crippen molar-refractivity contribution in [2.24, 2.45) is 0 Å². The van der Waals surface area contributed by atoms with Gasteiger partial charge in [0.15, 0.2) is 16.6 Å². The van der Waals surface area contributed by atoms with E-state index in [9.17, 15) is 0 Å². The van der Waals surface area contributed by atoms with Crippen LogP contribution in [0.15, 0.2) is 48.5 Å². The van der Waals surface area contributed by atoms with Crippen LogP contribution in [0.25, 0.3) is 11.1 Å². The van der Waals surface area contributed by atoms with E-state index in [0.717, 1.165) is 29.6 Å². The minimum Gasteiger partial charge on any atom is -0.436 e. The maximum atomic E-state index is 9.05. The van der Waals surface area contributed by atoms with E-state index in [4.69, 9.17) is 25.8 Å². The third-order valence-electron chi connectivity index (χ3n) is 6.30. The average molecular weight is 664 g/mol. The highest BCUT2D eigenvalue weighted by Gasteiger charge is 2.47. The van der Waals surface area contributed by atoms with Crippen LogP contribution in [0, 0.1) is 11.3 Å². The van der Waals surface area contributed by atoms with E-state index >= 15 is 0 Å². The van der Waals surface area contributed by atoms with Gasteiger partial charge in [-0.2, -0.15) is 5.26 Å². The van der Waals surface area contributed by atoms with Crippen LogP contribution in [-0.2, 0) is 26.6 Å². The Labute approximate surface area is 256 Å². The first-order valence-electron chi connectivity index (χ1n) is 14.7. The summed E-state index contributed by atoms with van der Waals surface area (Å²) < 4.78 is 33.7. The molecule has 0 aromatic heterocycles. The molecule has 0 amide bonds. The van der Waals surface area contributed by atoms with Crippen LogP contribution in [0.2, 0.25) is 84.6 Å². The summed E-state index contributed by atoms with van der Waals surface area (Å²) in [6.07, 6.45) is 1.14. The summed E-state index contributed by atoms with van der Waals surface area (Å²) in [6, 6.07) is 20.6. The molecule has 12 heteroatoms. The zero-order chi connectivity index (χ0) is 31.3. The Morgan fingerprint density at radius 2 is 0.902 bits per heavy atom. The van der Waals surface area contributed by atoms with Gasteiger partial charge in [-0.25, -0.2) is 0 Å².